The second-order valence-electron chi connectivity index (χ2n) is 4.72. The molecule has 1 fully saturated rings. The molecule has 14 heavy (non-hydrogen) atoms. The Morgan fingerprint density at radius 3 is 2.71 bits per heavy atom. The quantitative estimate of drug-likeness (QED) is 0.662. The van der Waals surface area contributed by atoms with E-state index in [9.17, 15) is 0 Å². The van der Waals surface area contributed by atoms with Gasteiger partial charge >= 0.3 is 0 Å². The van der Waals surface area contributed by atoms with Gasteiger partial charge in [-0.2, -0.15) is 0 Å². The van der Waals surface area contributed by atoms with Crippen molar-refractivity contribution in [1.29, 1.82) is 0 Å². The lowest BCUT2D eigenvalue weighted by Crippen LogP contribution is -2.38. The van der Waals surface area contributed by atoms with E-state index in [1.54, 1.807) is 0 Å². The number of hydrogen-bond donors (Lipinski definition) is 1. The van der Waals surface area contributed by atoms with E-state index in [4.69, 9.17) is 0 Å². The summed E-state index contributed by atoms with van der Waals surface area (Å²) >= 11 is 0. The number of rotatable bonds is 5. The van der Waals surface area contributed by atoms with Gasteiger partial charge in [-0.1, -0.05) is 31.8 Å². The molecule has 1 N–H and O–H groups in total. The molecular formula is C13H25N. The Hall–Kier alpha value is -0.300. The first-order chi connectivity index (χ1) is 6.74. The first kappa shape index (κ1) is 11.8. The van der Waals surface area contributed by atoms with Gasteiger partial charge in [0.2, 0.25) is 0 Å². The maximum Gasteiger partial charge on any atom is 0.00953 e. The largest absolute Gasteiger partial charge is 0.313 e. The van der Waals surface area contributed by atoms with E-state index in [2.05, 4.69) is 25.7 Å². The molecule has 1 aliphatic carbocycles. The predicted octanol–water partition coefficient (Wildman–Crippen LogP) is 3.51. The summed E-state index contributed by atoms with van der Waals surface area (Å²) in [7, 11) is 0. The Morgan fingerprint density at radius 1 is 1.36 bits per heavy atom. The minimum atomic E-state index is 0.785. The fourth-order valence-electron chi connectivity index (χ4n) is 2.44. The van der Waals surface area contributed by atoms with Gasteiger partial charge in [0.05, 0.1) is 0 Å². The first-order valence-electron chi connectivity index (χ1n) is 6.11. The highest BCUT2D eigenvalue weighted by Gasteiger charge is 2.22. The molecule has 0 radical (unpaired) electrons. The summed E-state index contributed by atoms with van der Waals surface area (Å²) in [6.07, 6.45) is 8.14. The van der Waals surface area contributed by atoms with Crippen LogP contribution in [-0.2, 0) is 0 Å². The maximum atomic E-state index is 3.94. The van der Waals surface area contributed by atoms with Gasteiger partial charge in [0.1, 0.15) is 0 Å². The molecule has 82 valence electrons. The minimum absolute atomic E-state index is 0.785. The van der Waals surface area contributed by atoms with E-state index in [1.807, 2.05) is 0 Å². The maximum absolute atomic E-state index is 3.94. The van der Waals surface area contributed by atoms with Gasteiger partial charge in [0.25, 0.3) is 0 Å². The van der Waals surface area contributed by atoms with E-state index in [-0.39, 0.29) is 0 Å². The van der Waals surface area contributed by atoms with Crippen LogP contribution in [0, 0.1) is 5.92 Å². The number of nitrogens with one attached hydrogen (secondary N) is 1. The standard InChI is InChI=1S/C13H25N/c1-4-12-7-5-6-8-13(12)14-10-9-11(2)3/h12-14H,2,4-10H2,1,3H3. The van der Waals surface area contributed by atoms with E-state index in [0.717, 1.165) is 24.9 Å². The molecule has 0 saturated heterocycles. The van der Waals surface area contributed by atoms with Crippen molar-refractivity contribution in [3.05, 3.63) is 12.2 Å². The lowest BCUT2D eigenvalue weighted by Gasteiger charge is -2.31. The Morgan fingerprint density at radius 2 is 2.07 bits per heavy atom. The highest BCUT2D eigenvalue weighted by Crippen LogP contribution is 2.26. The molecule has 1 aliphatic rings. The summed E-state index contributed by atoms with van der Waals surface area (Å²) in [5.41, 5.74) is 1.29. The molecule has 1 nitrogen and oxygen atoms in total. The van der Waals surface area contributed by atoms with E-state index in [1.165, 1.54) is 37.7 Å². The molecule has 1 heteroatoms. The predicted molar refractivity (Wildman–Crippen MR) is 63.5 cm³/mol. The smallest absolute Gasteiger partial charge is 0.00953 e. The summed E-state index contributed by atoms with van der Waals surface area (Å²) < 4.78 is 0. The van der Waals surface area contributed by atoms with Crippen LogP contribution in [0.15, 0.2) is 12.2 Å². The van der Waals surface area contributed by atoms with Crippen molar-refractivity contribution in [2.45, 2.75) is 58.4 Å². The van der Waals surface area contributed by atoms with E-state index < -0.39 is 0 Å². The highest BCUT2D eigenvalue weighted by molar-refractivity contribution is 4.89. The molecule has 0 amide bonds. The van der Waals surface area contributed by atoms with Crippen molar-refractivity contribution >= 4 is 0 Å². The zero-order valence-electron chi connectivity index (χ0n) is 9.81. The van der Waals surface area contributed by atoms with Crippen LogP contribution < -0.4 is 5.32 Å². The van der Waals surface area contributed by atoms with Crippen LogP contribution in [0.2, 0.25) is 0 Å². The van der Waals surface area contributed by atoms with Crippen molar-refractivity contribution in [2.75, 3.05) is 6.54 Å². The SMILES string of the molecule is C=C(C)CCNC1CCCCC1CC. The molecule has 1 saturated carbocycles. The summed E-state index contributed by atoms with van der Waals surface area (Å²) in [4.78, 5) is 0. The monoisotopic (exact) mass is 195 g/mol. The van der Waals surface area contributed by atoms with Crippen LogP contribution in [0.25, 0.3) is 0 Å². The first-order valence-corrected chi connectivity index (χ1v) is 6.11. The van der Waals surface area contributed by atoms with Gasteiger partial charge in [-0.05, 0) is 38.6 Å². The zero-order valence-corrected chi connectivity index (χ0v) is 9.81. The molecule has 0 heterocycles. The lowest BCUT2D eigenvalue weighted by molar-refractivity contribution is 0.257. The van der Waals surface area contributed by atoms with Crippen LogP contribution in [-0.4, -0.2) is 12.6 Å². The Kier molecular flexibility index (Phi) is 5.24. The van der Waals surface area contributed by atoms with Crippen LogP contribution in [0.3, 0.4) is 0 Å². The zero-order chi connectivity index (χ0) is 10.4. The van der Waals surface area contributed by atoms with E-state index in [0.29, 0.717) is 0 Å². The van der Waals surface area contributed by atoms with Crippen molar-refractivity contribution in [2.24, 2.45) is 5.92 Å². The summed E-state index contributed by atoms with van der Waals surface area (Å²) in [5.74, 6) is 0.925. The molecule has 1 rings (SSSR count). The van der Waals surface area contributed by atoms with Gasteiger partial charge < -0.3 is 5.32 Å². The summed E-state index contributed by atoms with van der Waals surface area (Å²) in [5, 5.41) is 3.69. The summed E-state index contributed by atoms with van der Waals surface area (Å²) in [6, 6.07) is 0.785. The molecule has 0 aromatic carbocycles. The average Bonchev–Trinajstić information content (AvgIpc) is 2.18. The molecule has 0 aliphatic heterocycles. The van der Waals surface area contributed by atoms with Crippen molar-refractivity contribution in [3.63, 3.8) is 0 Å². The van der Waals surface area contributed by atoms with Crippen LogP contribution in [0.5, 0.6) is 0 Å². The highest BCUT2D eigenvalue weighted by atomic mass is 14.9. The normalized spacial score (nSPS) is 27.6. The lowest BCUT2D eigenvalue weighted by atomic mass is 9.83. The Labute approximate surface area is 89.0 Å². The van der Waals surface area contributed by atoms with Crippen LogP contribution in [0.4, 0.5) is 0 Å². The molecule has 2 unspecified atom stereocenters. The van der Waals surface area contributed by atoms with Gasteiger partial charge in [-0.15, -0.1) is 6.58 Å². The van der Waals surface area contributed by atoms with Crippen LogP contribution in [0.1, 0.15) is 52.4 Å². The van der Waals surface area contributed by atoms with Gasteiger partial charge in [-0.25, -0.2) is 0 Å². The third kappa shape index (κ3) is 3.83. The second-order valence-corrected chi connectivity index (χ2v) is 4.72. The fourth-order valence-corrected chi connectivity index (χ4v) is 2.44. The minimum Gasteiger partial charge on any atom is -0.313 e. The molecule has 0 aromatic heterocycles. The van der Waals surface area contributed by atoms with Crippen molar-refractivity contribution in [1.82, 2.24) is 5.32 Å². The fraction of sp³-hybridized carbons (Fsp3) is 0.846. The topological polar surface area (TPSA) is 12.0 Å². The van der Waals surface area contributed by atoms with Crippen molar-refractivity contribution < 1.29 is 0 Å². The molecule has 0 spiro atoms. The molecule has 2 atom stereocenters. The molecular weight excluding hydrogens is 170 g/mol. The molecule has 0 aromatic rings. The molecule has 0 bridgehead atoms. The number of hydrogen-bond acceptors (Lipinski definition) is 1. The van der Waals surface area contributed by atoms with Gasteiger partial charge in [-0.3, -0.25) is 0 Å². The Balaban J connectivity index is 2.22. The Bertz CT molecular complexity index is 174. The average molecular weight is 195 g/mol. The van der Waals surface area contributed by atoms with Crippen molar-refractivity contribution in [3.8, 4) is 0 Å². The second kappa shape index (κ2) is 6.23. The van der Waals surface area contributed by atoms with Gasteiger partial charge in [0, 0.05) is 6.04 Å². The van der Waals surface area contributed by atoms with Crippen LogP contribution >= 0.6 is 0 Å². The summed E-state index contributed by atoms with van der Waals surface area (Å²) in [6.45, 7) is 9.49. The van der Waals surface area contributed by atoms with E-state index >= 15 is 0 Å². The third-order valence-corrected chi connectivity index (χ3v) is 3.39. The third-order valence-electron chi connectivity index (χ3n) is 3.39. The van der Waals surface area contributed by atoms with Gasteiger partial charge in [0.15, 0.2) is 0 Å².